The molecule has 1 saturated heterocycles. The number of rotatable bonds is 5. The summed E-state index contributed by atoms with van der Waals surface area (Å²) in [5.41, 5.74) is 0.200. The fourth-order valence-electron chi connectivity index (χ4n) is 2.76. The quantitative estimate of drug-likeness (QED) is 0.862. The van der Waals surface area contributed by atoms with Gasteiger partial charge < -0.3 is 10.1 Å². The van der Waals surface area contributed by atoms with Gasteiger partial charge in [0, 0.05) is 19.7 Å². The highest BCUT2D eigenvalue weighted by molar-refractivity contribution is 7.91. The zero-order valence-electron chi connectivity index (χ0n) is 13.5. The molecule has 0 bridgehead atoms. The molecule has 1 N–H and O–H groups in total. The Hall–Kier alpha value is -1.74. The van der Waals surface area contributed by atoms with Crippen LogP contribution >= 0.6 is 0 Å². The fourth-order valence-corrected chi connectivity index (χ4v) is 4.76. The van der Waals surface area contributed by atoms with Gasteiger partial charge in [-0.1, -0.05) is 13.8 Å². The van der Waals surface area contributed by atoms with Gasteiger partial charge in [0.25, 0.3) is 5.78 Å². The summed E-state index contributed by atoms with van der Waals surface area (Å²) < 4.78 is 30.7. The predicted molar refractivity (Wildman–Crippen MR) is 86.4 cm³/mol. The lowest BCUT2D eigenvalue weighted by atomic mass is 10.0. The van der Waals surface area contributed by atoms with Crippen molar-refractivity contribution in [3.05, 3.63) is 18.1 Å². The van der Waals surface area contributed by atoms with E-state index in [1.54, 1.807) is 11.6 Å². The molecule has 1 unspecified atom stereocenters. The Balaban J connectivity index is 1.88. The number of ether oxygens (including phenoxy) is 1. The molecule has 1 atom stereocenters. The maximum absolute atomic E-state index is 11.8. The molecule has 0 radical (unpaired) electrons. The van der Waals surface area contributed by atoms with E-state index >= 15 is 0 Å². The molecule has 3 rings (SSSR count). The van der Waals surface area contributed by atoms with Gasteiger partial charge in [-0.3, -0.25) is 0 Å². The Morgan fingerprint density at radius 2 is 2.26 bits per heavy atom. The molecular formula is C14H21N5O3S. The van der Waals surface area contributed by atoms with Crippen LogP contribution in [0.5, 0.6) is 0 Å². The Morgan fingerprint density at radius 3 is 2.87 bits per heavy atom. The molecule has 0 aliphatic carbocycles. The normalized spacial score (nSPS) is 23.7. The molecule has 0 saturated carbocycles. The second kappa shape index (κ2) is 5.72. The predicted octanol–water partition coefficient (Wildman–Crippen LogP) is 0.863. The number of fused-ring (bicyclic) bond motifs is 1. The lowest BCUT2D eigenvalue weighted by Gasteiger charge is -2.27. The Bertz CT molecular complexity index is 817. The second-order valence-electron chi connectivity index (χ2n) is 6.28. The van der Waals surface area contributed by atoms with Crippen molar-refractivity contribution in [1.82, 2.24) is 19.6 Å². The molecule has 1 aliphatic rings. The van der Waals surface area contributed by atoms with Crippen LogP contribution in [-0.4, -0.2) is 58.8 Å². The molecular weight excluding hydrogens is 318 g/mol. The van der Waals surface area contributed by atoms with E-state index in [0.29, 0.717) is 18.7 Å². The van der Waals surface area contributed by atoms with Crippen LogP contribution in [0.2, 0.25) is 0 Å². The zero-order chi connectivity index (χ0) is 16.7. The highest BCUT2D eigenvalue weighted by atomic mass is 32.2. The third-order valence-corrected chi connectivity index (χ3v) is 6.03. The number of methoxy groups -OCH3 is 1. The largest absolute Gasteiger partial charge is 0.375 e. The molecule has 0 amide bonds. The molecule has 1 fully saturated rings. The topological polar surface area (TPSA) is 98.5 Å². The number of aromatic nitrogens is 4. The van der Waals surface area contributed by atoms with E-state index in [1.165, 1.54) is 6.33 Å². The number of hydrogen-bond acceptors (Lipinski definition) is 7. The van der Waals surface area contributed by atoms with Crippen molar-refractivity contribution in [3.63, 3.8) is 0 Å². The molecule has 23 heavy (non-hydrogen) atoms. The molecule has 9 heteroatoms. The minimum Gasteiger partial charge on any atom is -0.375 e. The van der Waals surface area contributed by atoms with Gasteiger partial charge in [-0.25, -0.2) is 13.4 Å². The van der Waals surface area contributed by atoms with Crippen LogP contribution < -0.4 is 5.32 Å². The maximum atomic E-state index is 11.8. The molecule has 126 valence electrons. The SMILES string of the molecule is COC1(CNc2cc(C(C)C)nc3ncnn23)CCS(=O)(=O)C1. The Labute approximate surface area is 135 Å². The first-order valence-corrected chi connectivity index (χ1v) is 9.36. The van der Waals surface area contributed by atoms with E-state index < -0.39 is 15.4 Å². The van der Waals surface area contributed by atoms with Gasteiger partial charge in [0.1, 0.15) is 12.1 Å². The van der Waals surface area contributed by atoms with E-state index in [2.05, 4.69) is 34.2 Å². The van der Waals surface area contributed by atoms with Gasteiger partial charge in [-0.15, -0.1) is 0 Å². The van der Waals surface area contributed by atoms with Crippen molar-refractivity contribution < 1.29 is 13.2 Å². The van der Waals surface area contributed by atoms with E-state index in [1.807, 2.05) is 6.07 Å². The standard InChI is InChI=1S/C14H21N5O3S/c1-10(2)11-6-12(19-13(18-11)16-9-17-19)15-7-14(22-3)4-5-23(20,21)8-14/h6,9-10,15H,4-5,7-8H2,1-3H3. The van der Waals surface area contributed by atoms with Crippen molar-refractivity contribution in [1.29, 1.82) is 0 Å². The first kappa shape index (κ1) is 16.1. The average Bonchev–Trinajstić information content (AvgIpc) is 3.09. The third kappa shape index (κ3) is 3.16. The van der Waals surface area contributed by atoms with Crippen LogP contribution in [0.25, 0.3) is 5.78 Å². The summed E-state index contributed by atoms with van der Waals surface area (Å²) in [4.78, 5) is 8.59. The van der Waals surface area contributed by atoms with Gasteiger partial charge >= 0.3 is 0 Å². The second-order valence-corrected chi connectivity index (χ2v) is 8.46. The minimum atomic E-state index is -3.04. The first-order chi connectivity index (χ1) is 10.8. The molecule has 0 aromatic carbocycles. The summed E-state index contributed by atoms with van der Waals surface area (Å²) in [6, 6.07) is 1.92. The maximum Gasteiger partial charge on any atom is 0.254 e. The molecule has 8 nitrogen and oxygen atoms in total. The Kier molecular flexibility index (Phi) is 4.01. The molecule has 1 aliphatic heterocycles. The number of nitrogens with one attached hydrogen (secondary N) is 1. The monoisotopic (exact) mass is 339 g/mol. The number of hydrogen-bond donors (Lipinski definition) is 1. The molecule has 2 aromatic rings. The van der Waals surface area contributed by atoms with E-state index in [4.69, 9.17) is 4.74 Å². The third-order valence-electron chi connectivity index (χ3n) is 4.24. The molecule has 3 heterocycles. The number of anilines is 1. The van der Waals surface area contributed by atoms with Crippen molar-refractivity contribution in [2.45, 2.75) is 31.8 Å². The highest BCUT2D eigenvalue weighted by Crippen LogP contribution is 2.27. The van der Waals surface area contributed by atoms with Crippen LogP contribution in [0.4, 0.5) is 5.82 Å². The van der Waals surface area contributed by atoms with Crippen molar-refractivity contribution in [2.24, 2.45) is 0 Å². The highest BCUT2D eigenvalue weighted by Gasteiger charge is 2.42. The van der Waals surface area contributed by atoms with Crippen LogP contribution in [0.15, 0.2) is 12.4 Å². The smallest absolute Gasteiger partial charge is 0.254 e. The zero-order valence-corrected chi connectivity index (χ0v) is 14.3. The summed E-state index contributed by atoms with van der Waals surface area (Å²) in [5, 5.41) is 7.43. The summed E-state index contributed by atoms with van der Waals surface area (Å²) in [7, 11) is -1.48. The summed E-state index contributed by atoms with van der Waals surface area (Å²) >= 11 is 0. The minimum absolute atomic E-state index is 0.0339. The van der Waals surface area contributed by atoms with Gasteiger partial charge in [0.2, 0.25) is 0 Å². The fraction of sp³-hybridized carbons (Fsp3) is 0.643. The van der Waals surface area contributed by atoms with Crippen LogP contribution in [0.3, 0.4) is 0 Å². The van der Waals surface area contributed by atoms with Crippen molar-refractivity contribution >= 4 is 21.4 Å². The van der Waals surface area contributed by atoms with Gasteiger partial charge in [0.05, 0.1) is 22.8 Å². The number of sulfone groups is 1. The van der Waals surface area contributed by atoms with E-state index in [-0.39, 0.29) is 17.4 Å². The molecule has 0 spiro atoms. The number of nitrogens with zero attached hydrogens (tertiary/aromatic N) is 4. The van der Waals surface area contributed by atoms with Gasteiger partial charge in [-0.05, 0) is 12.3 Å². The summed E-state index contributed by atoms with van der Waals surface area (Å²) in [6.07, 6.45) is 1.94. The molecule has 2 aromatic heterocycles. The first-order valence-electron chi connectivity index (χ1n) is 7.54. The van der Waals surface area contributed by atoms with E-state index in [0.717, 1.165) is 11.5 Å². The van der Waals surface area contributed by atoms with Crippen molar-refractivity contribution in [3.8, 4) is 0 Å². The van der Waals surface area contributed by atoms with Crippen LogP contribution in [0, 0.1) is 0 Å². The van der Waals surface area contributed by atoms with Gasteiger partial charge in [0.15, 0.2) is 9.84 Å². The Morgan fingerprint density at radius 1 is 1.48 bits per heavy atom. The average molecular weight is 339 g/mol. The van der Waals surface area contributed by atoms with E-state index in [9.17, 15) is 8.42 Å². The lowest BCUT2D eigenvalue weighted by molar-refractivity contribution is 0.0240. The van der Waals surface area contributed by atoms with Crippen LogP contribution in [-0.2, 0) is 14.6 Å². The summed E-state index contributed by atoms with van der Waals surface area (Å²) in [6.45, 7) is 4.50. The summed E-state index contributed by atoms with van der Waals surface area (Å²) in [5.74, 6) is 1.70. The van der Waals surface area contributed by atoms with Gasteiger partial charge in [-0.2, -0.15) is 14.6 Å². The van der Waals surface area contributed by atoms with Crippen LogP contribution in [0.1, 0.15) is 31.9 Å². The lowest BCUT2D eigenvalue weighted by Crippen LogP contribution is -2.40. The van der Waals surface area contributed by atoms with Crippen molar-refractivity contribution in [2.75, 3.05) is 30.5 Å².